The first-order chi connectivity index (χ1) is 6.70. The molecule has 0 saturated carbocycles. The van der Waals surface area contributed by atoms with Crippen LogP contribution in [0.2, 0.25) is 0 Å². The Labute approximate surface area is 80.0 Å². The van der Waals surface area contributed by atoms with Crippen molar-refractivity contribution in [3.63, 3.8) is 0 Å². The molecule has 2 rings (SSSR count). The van der Waals surface area contributed by atoms with Gasteiger partial charge in [-0.05, 0) is 18.2 Å². The van der Waals surface area contributed by atoms with Gasteiger partial charge in [0.2, 0.25) is 0 Å². The lowest BCUT2D eigenvalue weighted by atomic mass is 10.1. The Kier molecular flexibility index (Phi) is 1.81. The molecule has 4 nitrogen and oxygen atoms in total. The molecular formula is C10H8N2O2. The molecule has 70 valence electrons. The number of anilines is 1. The molecule has 0 bridgehead atoms. The molecule has 4 heteroatoms. The fourth-order valence-electron chi connectivity index (χ4n) is 1.40. The Morgan fingerprint density at radius 3 is 2.79 bits per heavy atom. The van der Waals surface area contributed by atoms with Gasteiger partial charge < -0.3 is 10.8 Å². The number of nitrogens with zero attached hydrogens (tertiary/aromatic N) is 1. The zero-order valence-corrected chi connectivity index (χ0v) is 7.27. The van der Waals surface area contributed by atoms with E-state index in [9.17, 15) is 4.79 Å². The summed E-state index contributed by atoms with van der Waals surface area (Å²) in [7, 11) is 0. The summed E-state index contributed by atoms with van der Waals surface area (Å²) in [5.41, 5.74) is 6.48. The second kappa shape index (κ2) is 2.99. The van der Waals surface area contributed by atoms with Crippen molar-refractivity contribution >= 4 is 22.4 Å². The first kappa shape index (κ1) is 8.50. The molecule has 2 aromatic rings. The maximum atomic E-state index is 10.9. The predicted octanol–water partition coefficient (Wildman–Crippen LogP) is 1.52. The van der Waals surface area contributed by atoms with Gasteiger partial charge in [0, 0.05) is 28.9 Å². The molecule has 14 heavy (non-hydrogen) atoms. The number of carboxylic acids is 1. The van der Waals surface area contributed by atoms with E-state index in [0.717, 1.165) is 0 Å². The standard InChI is InChI=1S/C10H8N2O2/c11-9-2-1-7(10(13)14)6-3-4-12-5-8(6)9/h1-5H,11H2,(H,13,14). The second-order valence-electron chi connectivity index (χ2n) is 2.93. The molecule has 0 saturated heterocycles. The summed E-state index contributed by atoms with van der Waals surface area (Å²) in [6.07, 6.45) is 3.12. The number of aromatic carboxylic acids is 1. The minimum Gasteiger partial charge on any atom is -0.478 e. The van der Waals surface area contributed by atoms with Gasteiger partial charge in [0.1, 0.15) is 0 Å². The van der Waals surface area contributed by atoms with Crippen molar-refractivity contribution in [2.45, 2.75) is 0 Å². The third kappa shape index (κ3) is 1.17. The van der Waals surface area contributed by atoms with Crippen LogP contribution in [0.5, 0.6) is 0 Å². The molecule has 0 aliphatic rings. The van der Waals surface area contributed by atoms with E-state index in [1.807, 2.05) is 0 Å². The van der Waals surface area contributed by atoms with Gasteiger partial charge in [-0.3, -0.25) is 4.98 Å². The van der Waals surface area contributed by atoms with Gasteiger partial charge in [-0.15, -0.1) is 0 Å². The zero-order valence-electron chi connectivity index (χ0n) is 7.27. The highest BCUT2D eigenvalue weighted by atomic mass is 16.4. The Morgan fingerprint density at radius 2 is 2.07 bits per heavy atom. The summed E-state index contributed by atoms with van der Waals surface area (Å²) in [6, 6.07) is 4.72. The van der Waals surface area contributed by atoms with Crippen LogP contribution >= 0.6 is 0 Å². The Bertz CT molecular complexity index is 508. The summed E-state index contributed by atoms with van der Waals surface area (Å²) in [5, 5.41) is 10.2. The van der Waals surface area contributed by atoms with E-state index in [-0.39, 0.29) is 5.56 Å². The first-order valence-electron chi connectivity index (χ1n) is 4.05. The summed E-state index contributed by atoms with van der Waals surface area (Å²) in [5.74, 6) is -0.957. The number of rotatable bonds is 1. The summed E-state index contributed by atoms with van der Waals surface area (Å²) in [4.78, 5) is 14.8. The number of fused-ring (bicyclic) bond motifs is 1. The number of carboxylic acid groups (broad SMARTS) is 1. The van der Waals surface area contributed by atoms with Crippen molar-refractivity contribution in [2.75, 3.05) is 5.73 Å². The third-order valence-electron chi connectivity index (χ3n) is 2.08. The van der Waals surface area contributed by atoms with Crippen molar-refractivity contribution in [1.82, 2.24) is 4.98 Å². The van der Waals surface area contributed by atoms with Crippen LogP contribution in [0.1, 0.15) is 10.4 Å². The number of pyridine rings is 1. The minimum absolute atomic E-state index is 0.247. The van der Waals surface area contributed by atoms with E-state index >= 15 is 0 Å². The number of hydrogen-bond donors (Lipinski definition) is 2. The van der Waals surface area contributed by atoms with Gasteiger partial charge >= 0.3 is 5.97 Å². The van der Waals surface area contributed by atoms with Crippen molar-refractivity contribution in [3.8, 4) is 0 Å². The van der Waals surface area contributed by atoms with Crippen LogP contribution in [0.4, 0.5) is 5.69 Å². The smallest absolute Gasteiger partial charge is 0.336 e. The van der Waals surface area contributed by atoms with Crippen LogP contribution in [-0.2, 0) is 0 Å². The Morgan fingerprint density at radius 1 is 1.29 bits per heavy atom. The fraction of sp³-hybridized carbons (Fsp3) is 0. The minimum atomic E-state index is -0.957. The highest BCUT2D eigenvalue weighted by Crippen LogP contribution is 2.23. The molecule has 0 radical (unpaired) electrons. The monoisotopic (exact) mass is 188 g/mol. The van der Waals surface area contributed by atoms with Crippen LogP contribution < -0.4 is 5.73 Å². The number of benzene rings is 1. The molecule has 0 fully saturated rings. The summed E-state index contributed by atoms with van der Waals surface area (Å²) >= 11 is 0. The maximum Gasteiger partial charge on any atom is 0.336 e. The van der Waals surface area contributed by atoms with Gasteiger partial charge in [0.05, 0.1) is 5.56 Å². The molecule has 0 atom stereocenters. The molecule has 1 aromatic heterocycles. The average Bonchev–Trinajstić information content (AvgIpc) is 2.18. The molecule has 3 N–H and O–H groups in total. The number of nitrogen functional groups attached to an aromatic ring is 1. The lowest BCUT2D eigenvalue weighted by Gasteiger charge is -2.03. The van der Waals surface area contributed by atoms with E-state index in [1.54, 1.807) is 24.5 Å². The van der Waals surface area contributed by atoms with E-state index in [0.29, 0.717) is 16.5 Å². The van der Waals surface area contributed by atoms with E-state index in [2.05, 4.69) is 4.98 Å². The maximum absolute atomic E-state index is 10.9. The highest BCUT2D eigenvalue weighted by Gasteiger charge is 2.09. The number of aromatic nitrogens is 1. The molecule has 0 aliphatic carbocycles. The Hall–Kier alpha value is -2.10. The van der Waals surface area contributed by atoms with Crippen LogP contribution in [0, 0.1) is 0 Å². The first-order valence-corrected chi connectivity index (χ1v) is 4.05. The number of hydrogen-bond acceptors (Lipinski definition) is 3. The molecule has 0 spiro atoms. The van der Waals surface area contributed by atoms with Gasteiger partial charge in [-0.1, -0.05) is 0 Å². The topological polar surface area (TPSA) is 76.2 Å². The van der Waals surface area contributed by atoms with Crippen LogP contribution in [0.25, 0.3) is 10.8 Å². The SMILES string of the molecule is Nc1ccc(C(=O)O)c2ccncc12. The van der Waals surface area contributed by atoms with Gasteiger partial charge in [-0.25, -0.2) is 4.79 Å². The van der Waals surface area contributed by atoms with Crippen molar-refractivity contribution in [2.24, 2.45) is 0 Å². The Balaban J connectivity index is 2.88. The predicted molar refractivity (Wildman–Crippen MR) is 53.1 cm³/mol. The molecule has 0 amide bonds. The molecule has 1 aromatic carbocycles. The summed E-state index contributed by atoms with van der Waals surface area (Å²) < 4.78 is 0. The van der Waals surface area contributed by atoms with Crippen LogP contribution in [0.3, 0.4) is 0 Å². The molecule has 0 unspecified atom stereocenters. The van der Waals surface area contributed by atoms with Crippen molar-refractivity contribution < 1.29 is 9.90 Å². The van der Waals surface area contributed by atoms with Crippen molar-refractivity contribution in [1.29, 1.82) is 0 Å². The summed E-state index contributed by atoms with van der Waals surface area (Å²) in [6.45, 7) is 0. The number of carbonyl (C=O) groups is 1. The average molecular weight is 188 g/mol. The molecule has 1 heterocycles. The van der Waals surface area contributed by atoms with Gasteiger partial charge in [-0.2, -0.15) is 0 Å². The normalized spacial score (nSPS) is 10.3. The molecule has 0 aliphatic heterocycles. The fourth-order valence-corrected chi connectivity index (χ4v) is 1.40. The van der Waals surface area contributed by atoms with Crippen LogP contribution in [0.15, 0.2) is 30.6 Å². The van der Waals surface area contributed by atoms with E-state index in [1.165, 1.54) is 6.07 Å². The van der Waals surface area contributed by atoms with Gasteiger partial charge in [0.15, 0.2) is 0 Å². The molecular weight excluding hydrogens is 180 g/mol. The van der Waals surface area contributed by atoms with Crippen LogP contribution in [-0.4, -0.2) is 16.1 Å². The largest absolute Gasteiger partial charge is 0.478 e. The quantitative estimate of drug-likeness (QED) is 0.665. The van der Waals surface area contributed by atoms with Crippen molar-refractivity contribution in [3.05, 3.63) is 36.2 Å². The highest BCUT2D eigenvalue weighted by molar-refractivity contribution is 6.06. The zero-order chi connectivity index (χ0) is 10.1. The van der Waals surface area contributed by atoms with Gasteiger partial charge in [0.25, 0.3) is 0 Å². The van der Waals surface area contributed by atoms with E-state index < -0.39 is 5.97 Å². The lowest BCUT2D eigenvalue weighted by molar-refractivity contribution is 0.0699. The number of nitrogens with two attached hydrogens (primary N) is 1. The van der Waals surface area contributed by atoms with E-state index in [4.69, 9.17) is 10.8 Å². The third-order valence-corrected chi connectivity index (χ3v) is 2.08. The lowest BCUT2D eigenvalue weighted by Crippen LogP contribution is -1.99. The second-order valence-corrected chi connectivity index (χ2v) is 2.93.